The molecule has 1 aromatic carbocycles. The fourth-order valence-corrected chi connectivity index (χ4v) is 4.06. The van der Waals surface area contributed by atoms with Gasteiger partial charge in [-0.3, -0.25) is 0 Å². The molecule has 0 amide bonds. The normalized spacial score (nSPS) is 23.8. The molecule has 2 N–H and O–H groups in total. The number of carbonyl (C=O) groups excluding carboxylic acids is 1. The molecule has 0 spiro atoms. The van der Waals surface area contributed by atoms with Crippen molar-refractivity contribution < 1.29 is 49.7 Å². The number of benzene rings is 1. The van der Waals surface area contributed by atoms with E-state index < -0.39 is 11.6 Å². The number of aliphatic carboxylic acids is 1. The van der Waals surface area contributed by atoms with E-state index >= 15 is 0 Å². The Kier molecular flexibility index (Phi) is 11.0. The van der Waals surface area contributed by atoms with Crippen molar-refractivity contribution in [3.05, 3.63) is 35.9 Å². The van der Waals surface area contributed by atoms with Crippen LogP contribution in [0, 0.1) is 5.92 Å². The number of aliphatic hydroxyl groups excluding tert-OH is 1. The number of aliphatic hydroxyl groups is 2. The molecule has 0 saturated heterocycles. The molecule has 0 bridgehead atoms. The van der Waals surface area contributed by atoms with Gasteiger partial charge in [0.15, 0.2) is 0 Å². The zero-order valence-corrected chi connectivity index (χ0v) is 18.0. The van der Waals surface area contributed by atoms with E-state index in [-0.39, 0.29) is 42.1 Å². The SMILES string of the molecule is O=C([O-])C[C@]1(O)CCC[C@@H](CC[C@H](O)CCCCc2ccccc2)C1.[Na+]. The summed E-state index contributed by atoms with van der Waals surface area (Å²) in [7, 11) is 0. The third-order valence-electron chi connectivity index (χ3n) is 5.40. The molecule has 140 valence electrons. The Morgan fingerprint density at radius 3 is 2.65 bits per heavy atom. The second kappa shape index (κ2) is 12.1. The van der Waals surface area contributed by atoms with Crippen molar-refractivity contribution in [3.8, 4) is 0 Å². The van der Waals surface area contributed by atoms with Crippen LogP contribution in [0.4, 0.5) is 0 Å². The van der Waals surface area contributed by atoms with Crippen molar-refractivity contribution >= 4 is 5.97 Å². The summed E-state index contributed by atoms with van der Waals surface area (Å²) in [4.78, 5) is 10.8. The van der Waals surface area contributed by atoms with Gasteiger partial charge < -0.3 is 20.1 Å². The summed E-state index contributed by atoms with van der Waals surface area (Å²) < 4.78 is 0. The summed E-state index contributed by atoms with van der Waals surface area (Å²) in [5.74, 6) is -0.876. The summed E-state index contributed by atoms with van der Waals surface area (Å²) in [5.41, 5.74) is 0.231. The molecule has 0 aliphatic heterocycles. The van der Waals surface area contributed by atoms with Crippen molar-refractivity contribution in [1.82, 2.24) is 0 Å². The van der Waals surface area contributed by atoms with Gasteiger partial charge in [-0.15, -0.1) is 0 Å². The summed E-state index contributed by atoms with van der Waals surface area (Å²) in [5, 5.41) is 31.3. The minimum atomic E-state index is -1.18. The second-order valence-electron chi connectivity index (χ2n) is 7.70. The predicted molar refractivity (Wildman–Crippen MR) is 95.8 cm³/mol. The van der Waals surface area contributed by atoms with Crippen molar-refractivity contribution in [2.45, 2.75) is 82.3 Å². The van der Waals surface area contributed by atoms with Gasteiger partial charge in [0.2, 0.25) is 0 Å². The first-order valence-corrected chi connectivity index (χ1v) is 9.61. The molecule has 5 heteroatoms. The Labute approximate surface area is 179 Å². The quantitative estimate of drug-likeness (QED) is 0.434. The molecule has 1 aromatic rings. The average Bonchev–Trinajstić information content (AvgIpc) is 2.57. The van der Waals surface area contributed by atoms with Crippen LogP contribution in [0.3, 0.4) is 0 Å². The van der Waals surface area contributed by atoms with Gasteiger partial charge >= 0.3 is 29.6 Å². The molecular weight excluding hydrogens is 339 g/mol. The second-order valence-corrected chi connectivity index (χ2v) is 7.70. The maximum absolute atomic E-state index is 10.8. The van der Waals surface area contributed by atoms with E-state index in [9.17, 15) is 20.1 Å². The van der Waals surface area contributed by atoms with Crippen LogP contribution in [-0.4, -0.2) is 27.9 Å². The fourth-order valence-electron chi connectivity index (χ4n) is 4.06. The Morgan fingerprint density at radius 2 is 1.96 bits per heavy atom. The van der Waals surface area contributed by atoms with Crippen LogP contribution in [0.25, 0.3) is 0 Å². The van der Waals surface area contributed by atoms with E-state index in [1.807, 2.05) is 6.07 Å². The number of aryl methyl sites for hydroxylation is 1. The Hall–Kier alpha value is -0.390. The molecule has 0 heterocycles. The van der Waals surface area contributed by atoms with E-state index in [1.165, 1.54) is 5.56 Å². The third kappa shape index (κ3) is 9.01. The van der Waals surface area contributed by atoms with Crippen LogP contribution in [0.2, 0.25) is 0 Å². The van der Waals surface area contributed by atoms with E-state index in [1.54, 1.807) is 0 Å². The van der Waals surface area contributed by atoms with Gasteiger partial charge in [-0.1, -0.05) is 49.6 Å². The van der Waals surface area contributed by atoms with Gasteiger partial charge in [-0.25, -0.2) is 0 Å². The van der Waals surface area contributed by atoms with Crippen LogP contribution in [-0.2, 0) is 11.2 Å². The largest absolute Gasteiger partial charge is 1.00 e. The van der Waals surface area contributed by atoms with Crippen LogP contribution in [0.1, 0.15) is 69.8 Å². The molecule has 0 radical (unpaired) electrons. The van der Waals surface area contributed by atoms with Gasteiger partial charge in [0, 0.05) is 12.4 Å². The topological polar surface area (TPSA) is 80.6 Å². The third-order valence-corrected chi connectivity index (χ3v) is 5.40. The van der Waals surface area contributed by atoms with E-state index in [4.69, 9.17) is 0 Å². The first-order valence-electron chi connectivity index (χ1n) is 9.61. The van der Waals surface area contributed by atoms with Crippen molar-refractivity contribution in [1.29, 1.82) is 0 Å². The molecule has 26 heavy (non-hydrogen) atoms. The molecular formula is C21H31NaO4. The molecule has 1 aliphatic carbocycles. The van der Waals surface area contributed by atoms with Crippen molar-refractivity contribution in [2.24, 2.45) is 5.92 Å². The molecule has 1 saturated carbocycles. The zero-order chi connectivity index (χ0) is 18.1. The molecule has 2 rings (SSSR count). The number of carboxylic acids is 1. The number of carboxylic acid groups (broad SMARTS) is 1. The first kappa shape index (κ1) is 23.6. The molecule has 1 fully saturated rings. The maximum atomic E-state index is 10.8. The summed E-state index contributed by atoms with van der Waals surface area (Å²) in [6.45, 7) is 0. The Balaban J connectivity index is 0.00000338. The molecule has 3 atom stereocenters. The van der Waals surface area contributed by atoms with Crippen LogP contribution < -0.4 is 34.7 Å². The Bertz CT molecular complexity index is 522. The van der Waals surface area contributed by atoms with Crippen LogP contribution in [0.5, 0.6) is 0 Å². The van der Waals surface area contributed by atoms with Crippen molar-refractivity contribution in [2.75, 3.05) is 0 Å². The average molecular weight is 370 g/mol. The number of carbonyl (C=O) groups is 1. The van der Waals surface area contributed by atoms with Gasteiger partial charge in [0.25, 0.3) is 0 Å². The van der Waals surface area contributed by atoms with Gasteiger partial charge in [0.1, 0.15) is 0 Å². The van der Waals surface area contributed by atoms with Crippen LogP contribution in [0.15, 0.2) is 30.3 Å². The minimum absolute atomic E-state index is 0. The van der Waals surface area contributed by atoms with E-state index in [2.05, 4.69) is 24.3 Å². The summed E-state index contributed by atoms with van der Waals surface area (Å²) in [6.07, 6.45) is 7.88. The number of hydrogen-bond acceptors (Lipinski definition) is 4. The van der Waals surface area contributed by atoms with Gasteiger partial charge in [-0.2, -0.15) is 0 Å². The van der Waals surface area contributed by atoms with Crippen LogP contribution >= 0.6 is 0 Å². The monoisotopic (exact) mass is 370 g/mol. The standard InChI is InChI=1S/C21H32O4.Na/c22-19(11-5-4-9-17-7-2-1-3-8-17)13-12-18-10-6-14-21(25,15-18)16-20(23)24;/h1-3,7-8,18-19,22,25H,4-6,9-16H2,(H,23,24);/q;+1/p-1/t18-,19+,21-;/m0./s1. The predicted octanol–water partition coefficient (Wildman–Crippen LogP) is -0.394. The summed E-state index contributed by atoms with van der Waals surface area (Å²) >= 11 is 0. The van der Waals surface area contributed by atoms with E-state index in [0.717, 1.165) is 51.4 Å². The maximum Gasteiger partial charge on any atom is 1.00 e. The molecule has 0 unspecified atom stereocenters. The number of rotatable bonds is 10. The fraction of sp³-hybridized carbons (Fsp3) is 0.667. The molecule has 0 aromatic heterocycles. The molecule has 1 aliphatic rings. The summed E-state index contributed by atoms with van der Waals surface area (Å²) in [6, 6.07) is 10.4. The minimum Gasteiger partial charge on any atom is -0.550 e. The smallest absolute Gasteiger partial charge is 0.550 e. The first-order chi connectivity index (χ1) is 12.0. The van der Waals surface area contributed by atoms with Gasteiger partial charge in [-0.05, 0) is 56.4 Å². The zero-order valence-electron chi connectivity index (χ0n) is 16.0. The number of hydrogen-bond donors (Lipinski definition) is 2. The number of unbranched alkanes of at least 4 members (excludes halogenated alkanes) is 1. The van der Waals surface area contributed by atoms with E-state index in [0.29, 0.717) is 18.8 Å². The molecule has 4 nitrogen and oxygen atoms in total. The Morgan fingerprint density at radius 1 is 1.23 bits per heavy atom. The van der Waals surface area contributed by atoms with Gasteiger partial charge in [0.05, 0.1) is 11.7 Å². The van der Waals surface area contributed by atoms with Crippen molar-refractivity contribution in [3.63, 3.8) is 0 Å².